The molecule has 1 atom stereocenters. The molecule has 0 radical (unpaired) electrons. The molecule has 0 aliphatic carbocycles. The van der Waals surface area contributed by atoms with Crippen LogP contribution in [0, 0.1) is 5.92 Å². The van der Waals surface area contributed by atoms with Crippen LogP contribution in [0.25, 0.3) is 0 Å². The molecule has 0 aliphatic heterocycles. The molecule has 114 valence electrons. The number of nitrogens with one attached hydrogen (secondary N) is 1. The monoisotopic (exact) mass is 277 g/mol. The molecule has 1 rings (SSSR count). The fraction of sp³-hybridized carbons (Fsp3) is 0.667. The number of benzene rings is 1. The Hall–Kier alpha value is -1.02. The van der Waals surface area contributed by atoms with Crippen molar-refractivity contribution in [2.24, 2.45) is 5.92 Å². The molecule has 0 aliphatic rings. The highest BCUT2D eigenvalue weighted by molar-refractivity contribution is 5.27. The summed E-state index contributed by atoms with van der Waals surface area (Å²) in [6.07, 6.45) is 4.83. The van der Waals surface area contributed by atoms with Gasteiger partial charge < -0.3 is 10.1 Å². The van der Waals surface area contributed by atoms with Crippen molar-refractivity contribution >= 4 is 0 Å². The summed E-state index contributed by atoms with van der Waals surface area (Å²) in [4.78, 5) is 0. The first-order valence-electron chi connectivity index (χ1n) is 8.07. The van der Waals surface area contributed by atoms with E-state index in [0.717, 1.165) is 31.2 Å². The first-order valence-corrected chi connectivity index (χ1v) is 8.07. The van der Waals surface area contributed by atoms with Gasteiger partial charge in [0.1, 0.15) is 5.75 Å². The molecule has 0 aromatic heterocycles. The van der Waals surface area contributed by atoms with Gasteiger partial charge >= 0.3 is 0 Å². The van der Waals surface area contributed by atoms with Crippen LogP contribution in [0.15, 0.2) is 24.3 Å². The van der Waals surface area contributed by atoms with E-state index in [2.05, 4.69) is 57.3 Å². The Morgan fingerprint density at radius 2 is 1.75 bits per heavy atom. The van der Waals surface area contributed by atoms with Crippen molar-refractivity contribution in [1.82, 2.24) is 5.32 Å². The highest BCUT2D eigenvalue weighted by atomic mass is 16.5. The summed E-state index contributed by atoms with van der Waals surface area (Å²) >= 11 is 0. The van der Waals surface area contributed by atoms with Gasteiger partial charge in [0.05, 0.1) is 6.61 Å². The van der Waals surface area contributed by atoms with Gasteiger partial charge in [-0.1, -0.05) is 39.3 Å². The molecule has 0 spiro atoms. The van der Waals surface area contributed by atoms with Crippen LogP contribution >= 0.6 is 0 Å². The van der Waals surface area contributed by atoms with Crippen LogP contribution in [-0.2, 0) is 6.54 Å². The van der Waals surface area contributed by atoms with E-state index in [-0.39, 0.29) is 0 Å². The summed E-state index contributed by atoms with van der Waals surface area (Å²) < 4.78 is 5.67. The molecule has 0 fully saturated rings. The molecule has 1 unspecified atom stereocenters. The largest absolute Gasteiger partial charge is 0.494 e. The Labute approximate surface area is 124 Å². The Morgan fingerprint density at radius 1 is 1.05 bits per heavy atom. The topological polar surface area (TPSA) is 21.3 Å². The van der Waals surface area contributed by atoms with Crippen molar-refractivity contribution in [2.45, 2.75) is 66.0 Å². The predicted molar refractivity (Wildman–Crippen MR) is 87.2 cm³/mol. The molecule has 1 N–H and O–H groups in total. The second-order valence-electron chi connectivity index (χ2n) is 6.10. The zero-order valence-electron chi connectivity index (χ0n) is 13.6. The highest BCUT2D eigenvalue weighted by Gasteiger charge is 2.03. The average Bonchev–Trinajstić information content (AvgIpc) is 2.44. The smallest absolute Gasteiger partial charge is 0.119 e. The van der Waals surface area contributed by atoms with Crippen LogP contribution in [0.2, 0.25) is 0 Å². The number of unbranched alkanes of at least 4 members (excludes halogenated alkanes) is 1. The van der Waals surface area contributed by atoms with Gasteiger partial charge in [0.2, 0.25) is 0 Å². The van der Waals surface area contributed by atoms with Gasteiger partial charge in [0.25, 0.3) is 0 Å². The zero-order valence-corrected chi connectivity index (χ0v) is 13.6. The van der Waals surface area contributed by atoms with E-state index >= 15 is 0 Å². The molecule has 0 heterocycles. The second-order valence-corrected chi connectivity index (χ2v) is 6.10. The van der Waals surface area contributed by atoms with Crippen LogP contribution in [0.3, 0.4) is 0 Å². The maximum atomic E-state index is 5.67. The van der Waals surface area contributed by atoms with E-state index < -0.39 is 0 Å². The van der Waals surface area contributed by atoms with Gasteiger partial charge in [0, 0.05) is 12.6 Å². The van der Waals surface area contributed by atoms with E-state index in [1.807, 2.05) is 0 Å². The minimum absolute atomic E-state index is 0.581. The molecular formula is C18H31NO. The summed E-state index contributed by atoms with van der Waals surface area (Å²) in [5.41, 5.74) is 1.32. The molecule has 1 aromatic carbocycles. The average molecular weight is 277 g/mol. The fourth-order valence-electron chi connectivity index (χ4n) is 2.02. The van der Waals surface area contributed by atoms with E-state index in [4.69, 9.17) is 4.74 Å². The number of hydrogen-bond donors (Lipinski definition) is 1. The number of rotatable bonds is 10. The van der Waals surface area contributed by atoms with Crippen molar-refractivity contribution in [2.75, 3.05) is 6.61 Å². The van der Waals surface area contributed by atoms with Gasteiger partial charge in [-0.15, -0.1) is 0 Å². The summed E-state index contributed by atoms with van der Waals surface area (Å²) in [7, 11) is 0. The van der Waals surface area contributed by atoms with E-state index in [0.29, 0.717) is 6.04 Å². The molecule has 1 aromatic rings. The maximum Gasteiger partial charge on any atom is 0.119 e. The van der Waals surface area contributed by atoms with Gasteiger partial charge in [-0.2, -0.15) is 0 Å². The minimum atomic E-state index is 0.581. The first kappa shape index (κ1) is 17.0. The van der Waals surface area contributed by atoms with Crippen molar-refractivity contribution < 1.29 is 4.74 Å². The SMILES string of the molecule is CCCCOc1ccc(CNC(C)CCC(C)C)cc1. The molecule has 0 saturated carbocycles. The predicted octanol–water partition coefficient (Wildman–Crippen LogP) is 4.78. The highest BCUT2D eigenvalue weighted by Crippen LogP contribution is 2.13. The van der Waals surface area contributed by atoms with Gasteiger partial charge in [-0.3, -0.25) is 0 Å². The Morgan fingerprint density at radius 3 is 2.35 bits per heavy atom. The zero-order chi connectivity index (χ0) is 14.8. The van der Waals surface area contributed by atoms with Crippen LogP contribution in [-0.4, -0.2) is 12.6 Å². The van der Waals surface area contributed by atoms with E-state index in [1.54, 1.807) is 0 Å². The Bertz CT molecular complexity index is 345. The van der Waals surface area contributed by atoms with Gasteiger partial charge in [-0.05, 0) is 49.8 Å². The minimum Gasteiger partial charge on any atom is -0.494 e. The molecule has 0 bridgehead atoms. The normalized spacial score (nSPS) is 12.7. The molecule has 20 heavy (non-hydrogen) atoms. The van der Waals surface area contributed by atoms with E-state index in [1.165, 1.54) is 24.8 Å². The van der Waals surface area contributed by atoms with E-state index in [9.17, 15) is 0 Å². The first-order chi connectivity index (χ1) is 9.61. The molecule has 2 heteroatoms. The standard InChI is InChI=1S/C18H31NO/c1-5-6-13-20-18-11-9-17(10-12-18)14-19-16(4)8-7-15(2)3/h9-12,15-16,19H,5-8,13-14H2,1-4H3. The number of hydrogen-bond acceptors (Lipinski definition) is 2. The molecule has 0 saturated heterocycles. The third-order valence-corrected chi connectivity index (χ3v) is 3.52. The second kappa shape index (κ2) is 9.82. The third kappa shape index (κ3) is 7.54. The summed E-state index contributed by atoms with van der Waals surface area (Å²) in [6.45, 7) is 10.8. The lowest BCUT2D eigenvalue weighted by Gasteiger charge is -2.15. The summed E-state index contributed by atoms with van der Waals surface area (Å²) in [5, 5.41) is 3.59. The Kier molecular flexibility index (Phi) is 8.36. The fourth-order valence-corrected chi connectivity index (χ4v) is 2.02. The van der Waals surface area contributed by atoms with Crippen LogP contribution in [0.1, 0.15) is 58.9 Å². The summed E-state index contributed by atoms with van der Waals surface area (Å²) in [6, 6.07) is 9.04. The third-order valence-electron chi connectivity index (χ3n) is 3.52. The summed E-state index contributed by atoms with van der Waals surface area (Å²) in [5.74, 6) is 1.77. The maximum absolute atomic E-state index is 5.67. The van der Waals surface area contributed by atoms with Crippen molar-refractivity contribution in [3.63, 3.8) is 0 Å². The number of ether oxygens (including phenoxy) is 1. The molecule has 0 amide bonds. The quantitative estimate of drug-likeness (QED) is 0.621. The van der Waals surface area contributed by atoms with Crippen molar-refractivity contribution in [3.05, 3.63) is 29.8 Å². The lowest BCUT2D eigenvalue weighted by Crippen LogP contribution is -2.25. The van der Waals surface area contributed by atoms with Crippen LogP contribution < -0.4 is 10.1 Å². The Balaban J connectivity index is 2.27. The van der Waals surface area contributed by atoms with Crippen molar-refractivity contribution in [1.29, 1.82) is 0 Å². The van der Waals surface area contributed by atoms with Crippen LogP contribution in [0.5, 0.6) is 5.75 Å². The lowest BCUT2D eigenvalue weighted by molar-refractivity contribution is 0.309. The molecule has 2 nitrogen and oxygen atoms in total. The molecular weight excluding hydrogens is 246 g/mol. The van der Waals surface area contributed by atoms with Gasteiger partial charge in [-0.25, -0.2) is 0 Å². The van der Waals surface area contributed by atoms with Crippen molar-refractivity contribution in [3.8, 4) is 5.75 Å². The van der Waals surface area contributed by atoms with Crippen LogP contribution in [0.4, 0.5) is 0 Å². The van der Waals surface area contributed by atoms with Gasteiger partial charge in [0.15, 0.2) is 0 Å². The lowest BCUT2D eigenvalue weighted by atomic mass is 10.0.